The number of aromatic nitrogens is 1. The van der Waals surface area contributed by atoms with Gasteiger partial charge in [0.1, 0.15) is 5.82 Å². The third-order valence-electron chi connectivity index (χ3n) is 2.38. The maximum Gasteiger partial charge on any atom is 0.272 e. The monoisotopic (exact) mass is 368 g/mol. The number of carbonyl (C=O) groups excluding carboxylic acids is 1. The molecule has 0 fully saturated rings. The third kappa shape index (κ3) is 3.70. The Bertz CT molecular complexity index is 821. The molecule has 0 saturated carbocycles. The first-order valence-electron chi connectivity index (χ1n) is 5.37. The largest absolute Gasteiger partial charge is 0.298 e. The van der Waals surface area contributed by atoms with Gasteiger partial charge < -0.3 is 0 Å². The highest BCUT2D eigenvalue weighted by atomic mass is 35.7. The molecular weight excluding hydrogens is 362 g/mol. The highest BCUT2D eigenvalue weighted by molar-refractivity contribution is 8.15. The Balaban J connectivity index is 2.26. The van der Waals surface area contributed by atoms with Crippen LogP contribution < -0.4 is 5.32 Å². The van der Waals surface area contributed by atoms with Gasteiger partial charge in [-0.2, -0.15) is 0 Å². The van der Waals surface area contributed by atoms with Gasteiger partial charge in [0.15, 0.2) is 9.34 Å². The SMILES string of the molecule is Cc1nc(NC(=O)c2ccc(F)c(Cl)c2)sc1S(=O)(=O)Cl. The zero-order valence-corrected chi connectivity index (χ0v) is 13.5. The summed E-state index contributed by atoms with van der Waals surface area (Å²) in [4.78, 5) is 15.8. The predicted molar refractivity (Wildman–Crippen MR) is 79.3 cm³/mol. The molecule has 1 heterocycles. The van der Waals surface area contributed by atoms with Gasteiger partial charge in [-0.05, 0) is 25.1 Å². The van der Waals surface area contributed by atoms with E-state index in [-0.39, 0.29) is 25.6 Å². The first-order valence-corrected chi connectivity index (χ1v) is 8.87. The standard InChI is InChI=1S/C11H7Cl2FN2O3S2/c1-5-10(21(13,18)19)20-11(15-5)16-9(17)6-2-3-8(14)7(12)4-6/h2-4H,1H3,(H,15,16,17). The van der Waals surface area contributed by atoms with Crippen LogP contribution in [-0.4, -0.2) is 19.3 Å². The molecule has 0 bridgehead atoms. The lowest BCUT2D eigenvalue weighted by atomic mass is 10.2. The summed E-state index contributed by atoms with van der Waals surface area (Å²) in [5.74, 6) is -1.24. The number of amides is 1. The number of nitrogens with zero attached hydrogens (tertiary/aromatic N) is 1. The number of thiazole rings is 1. The molecular formula is C11H7Cl2FN2O3S2. The van der Waals surface area contributed by atoms with Crippen LogP contribution in [0.15, 0.2) is 22.4 Å². The van der Waals surface area contributed by atoms with E-state index < -0.39 is 20.8 Å². The van der Waals surface area contributed by atoms with Crippen molar-refractivity contribution in [2.45, 2.75) is 11.1 Å². The van der Waals surface area contributed by atoms with E-state index in [1.165, 1.54) is 13.0 Å². The second-order valence-corrected chi connectivity index (χ2v) is 8.08. The van der Waals surface area contributed by atoms with Crippen molar-refractivity contribution < 1.29 is 17.6 Å². The van der Waals surface area contributed by atoms with Crippen molar-refractivity contribution in [3.05, 3.63) is 40.3 Å². The number of rotatable bonds is 3. The lowest BCUT2D eigenvalue weighted by Gasteiger charge is -2.02. The molecule has 1 N–H and O–H groups in total. The summed E-state index contributed by atoms with van der Waals surface area (Å²) in [7, 11) is 1.32. The van der Waals surface area contributed by atoms with Crippen LogP contribution in [0, 0.1) is 12.7 Å². The van der Waals surface area contributed by atoms with Gasteiger partial charge >= 0.3 is 0 Å². The molecule has 21 heavy (non-hydrogen) atoms. The van der Waals surface area contributed by atoms with Gasteiger partial charge in [0.2, 0.25) is 0 Å². The zero-order valence-electron chi connectivity index (χ0n) is 10.4. The van der Waals surface area contributed by atoms with Crippen molar-refractivity contribution >= 4 is 53.7 Å². The minimum Gasteiger partial charge on any atom is -0.298 e. The summed E-state index contributed by atoms with van der Waals surface area (Å²) in [6, 6.07) is 3.46. The molecule has 0 aliphatic rings. The Labute approximate surface area is 133 Å². The maximum atomic E-state index is 13.0. The molecule has 112 valence electrons. The second kappa shape index (κ2) is 5.88. The second-order valence-electron chi connectivity index (χ2n) is 3.91. The Morgan fingerprint density at radius 3 is 2.62 bits per heavy atom. The first kappa shape index (κ1) is 16.2. The number of aryl methyl sites for hydroxylation is 1. The average molecular weight is 369 g/mol. The van der Waals surface area contributed by atoms with Gasteiger partial charge in [-0.3, -0.25) is 10.1 Å². The molecule has 0 spiro atoms. The van der Waals surface area contributed by atoms with Gasteiger partial charge in [0.25, 0.3) is 15.0 Å². The molecule has 0 saturated heterocycles. The van der Waals surface area contributed by atoms with Crippen LogP contribution >= 0.6 is 33.6 Å². The Kier molecular flexibility index (Phi) is 4.52. The van der Waals surface area contributed by atoms with Crippen LogP contribution in [0.1, 0.15) is 16.1 Å². The molecule has 0 radical (unpaired) electrons. The fourth-order valence-electron chi connectivity index (χ4n) is 1.47. The highest BCUT2D eigenvalue weighted by Gasteiger charge is 2.20. The smallest absolute Gasteiger partial charge is 0.272 e. The molecule has 2 aromatic rings. The summed E-state index contributed by atoms with van der Waals surface area (Å²) in [5.41, 5.74) is 0.298. The van der Waals surface area contributed by atoms with Gasteiger partial charge in [0.05, 0.1) is 10.7 Å². The third-order valence-corrected chi connectivity index (χ3v) is 5.92. The number of anilines is 1. The quantitative estimate of drug-likeness (QED) is 0.842. The minimum atomic E-state index is -3.92. The summed E-state index contributed by atoms with van der Waals surface area (Å²) in [5, 5.41) is 2.28. The molecule has 10 heteroatoms. The lowest BCUT2D eigenvalue weighted by Crippen LogP contribution is -2.11. The van der Waals surface area contributed by atoms with Gasteiger partial charge in [-0.25, -0.2) is 17.8 Å². The van der Waals surface area contributed by atoms with E-state index in [2.05, 4.69) is 10.3 Å². The first-order chi connectivity index (χ1) is 9.68. The number of hydrogen-bond acceptors (Lipinski definition) is 5. The number of halogens is 3. The van der Waals surface area contributed by atoms with E-state index in [0.717, 1.165) is 23.5 Å². The van der Waals surface area contributed by atoms with E-state index in [1.807, 2.05) is 0 Å². The molecule has 1 aromatic heterocycles. The number of carbonyl (C=O) groups is 1. The Morgan fingerprint density at radius 2 is 2.10 bits per heavy atom. The van der Waals surface area contributed by atoms with Gasteiger partial charge in [-0.15, -0.1) is 0 Å². The van der Waals surface area contributed by atoms with Crippen LogP contribution in [0.3, 0.4) is 0 Å². The molecule has 0 aliphatic heterocycles. The highest BCUT2D eigenvalue weighted by Crippen LogP contribution is 2.30. The fraction of sp³-hybridized carbons (Fsp3) is 0.0909. The van der Waals surface area contributed by atoms with Crippen LogP contribution in [0.25, 0.3) is 0 Å². The number of benzene rings is 1. The fourth-order valence-corrected chi connectivity index (χ4v) is 4.00. The van der Waals surface area contributed by atoms with Crippen molar-refractivity contribution in [2.24, 2.45) is 0 Å². The predicted octanol–water partition coefficient (Wildman–Crippen LogP) is 3.42. The molecule has 1 amide bonds. The minimum absolute atomic E-state index is 0.0668. The molecule has 0 aliphatic carbocycles. The molecule has 2 rings (SSSR count). The van der Waals surface area contributed by atoms with Crippen molar-refractivity contribution in [1.29, 1.82) is 0 Å². The lowest BCUT2D eigenvalue weighted by molar-refractivity contribution is 0.102. The number of nitrogens with one attached hydrogen (secondary N) is 1. The van der Waals surface area contributed by atoms with Crippen molar-refractivity contribution in [2.75, 3.05) is 5.32 Å². The van der Waals surface area contributed by atoms with Crippen LogP contribution in [-0.2, 0) is 9.05 Å². The molecule has 1 aromatic carbocycles. The van der Waals surface area contributed by atoms with Crippen LogP contribution in [0.2, 0.25) is 5.02 Å². The Hall–Kier alpha value is -1.22. The Morgan fingerprint density at radius 1 is 1.43 bits per heavy atom. The average Bonchev–Trinajstić information content (AvgIpc) is 2.73. The van der Waals surface area contributed by atoms with Gasteiger partial charge in [0, 0.05) is 16.2 Å². The van der Waals surface area contributed by atoms with E-state index in [0.29, 0.717) is 0 Å². The van der Waals surface area contributed by atoms with Crippen molar-refractivity contribution in [3.63, 3.8) is 0 Å². The van der Waals surface area contributed by atoms with E-state index in [4.69, 9.17) is 22.3 Å². The van der Waals surface area contributed by atoms with E-state index >= 15 is 0 Å². The number of hydrogen-bond donors (Lipinski definition) is 1. The molecule has 0 atom stereocenters. The molecule has 5 nitrogen and oxygen atoms in total. The zero-order chi connectivity index (χ0) is 15.8. The summed E-state index contributed by atoms with van der Waals surface area (Å²) < 4.78 is 35.4. The van der Waals surface area contributed by atoms with Crippen LogP contribution in [0.5, 0.6) is 0 Å². The summed E-state index contributed by atoms with van der Waals surface area (Å²) in [6.07, 6.45) is 0. The summed E-state index contributed by atoms with van der Waals surface area (Å²) >= 11 is 6.31. The van der Waals surface area contributed by atoms with Crippen LogP contribution in [0.4, 0.5) is 9.52 Å². The maximum absolute atomic E-state index is 13.0. The topological polar surface area (TPSA) is 76.1 Å². The van der Waals surface area contributed by atoms with Crippen molar-refractivity contribution in [1.82, 2.24) is 4.98 Å². The van der Waals surface area contributed by atoms with Crippen molar-refractivity contribution in [3.8, 4) is 0 Å². The molecule has 0 unspecified atom stereocenters. The summed E-state index contributed by atoms with van der Waals surface area (Å²) in [6.45, 7) is 1.45. The van der Waals surface area contributed by atoms with E-state index in [9.17, 15) is 17.6 Å². The van der Waals surface area contributed by atoms with Gasteiger partial charge in [-0.1, -0.05) is 22.9 Å². The van der Waals surface area contributed by atoms with E-state index in [1.54, 1.807) is 0 Å². The normalized spacial score (nSPS) is 11.4.